The van der Waals surface area contributed by atoms with Crippen molar-refractivity contribution < 1.29 is 28.2 Å². The van der Waals surface area contributed by atoms with Gasteiger partial charge in [-0.05, 0) is 68.9 Å². The van der Waals surface area contributed by atoms with Crippen LogP contribution in [0.2, 0.25) is 0 Å². The molecule has 1 aromatic carbocycles. The van der Waals surface area contributed by atoms with Crippen molar-refractivity contribution >= 4 is 11.8 Å². The minimum atomic E-state index is -0.0844. The number of amides is 2. The van der Waals surface area contributed by atoms with Crippen LogP contribution in [0.5, 0.6) is 11.5 Å². The molecule has 1 saturated heterocycles. The van der Waals surface area contributed by atoms with Crippen LogP contribution in [-0.4, -0.2) is 68.2 Å². The summed E-state index contributed by atoms with van der Waals surface area (Å²) >= 11 is 0. The maximum absolute atomic E-state index is 13.7. The average Bonchev–Trinajstić information content (AvgIpc) is 3.69. The standard InChI is InChI=1S/C29H40N2O6/c1-21-10-12-25(37-21)19-30(15-14-22-11-13-26(34-2)27(17-22)35-3)28(32)20-31(18-24-9-6-16-36-24)29(33)23-7-4-5-8-23/h10-13,17,23-24H,4-9,14-16,18-20H2,1-3H3/t24-/m1/s1. The third kappa shape index (κ3) is 7.28. The number of furan rings is 1. The second-order valence-corrected chi connectivity index (χ2v) is 10.1. The van der Waals surface area contributed by atoms with E-state index in [0.717, 1.165) is 62.2 Å². The molecule has 8 nitrogen and oxygen atoms in total. The van der Waals surface area contributed by atoms with E-state index in [1.807, 2.05) is 37.3 Å². The van der Waals surface area contributed by atoms with Crippen LogP contribution in [0.3, 0.4) is 0 Å². The van der Waals surface area contributed by atoms with Gasteiger partial charge in [0.2, 0.25) is 11.8 Å². The molecule has 1 aliphatic carbocycles. The van der Waals surface area contributed by atoms with Crippen LogP contribution < -0.4 is 9.47 Å². The molecule has 2 heterocycles. The van der Waals surface area contributed by atoms with E-state index in [0.29, 0.717) is 37.6 Å². The van der Waals surface area contributed by atoms with Gasteiger partial charge in [0.15, 0.2) is 11.5 Å². The number of hydrogen-bond acceptors (Lipinski definition) is 6. The van der Waals surface area contributed by atoms with Crippen LogP contribution in [0.4, 0.5) is 0 Å². The Labute approximate surface area is 219 Å². The van der Waals surface area contributed by atoms with Crippen molar-refractivity contribution in [3.8, 4) is 11.5 Å². The summed E-state index contributed by atoms with van der Waals surface area (Å²) in [5.41, 5.74) is 1.03. The largest absolute Gasteiger partial charge is 0.493 e. The molecule has 2 aromatic rings. The average molecular weight is 513 g/mol. The predicted molar refractivity (Wildman–Crippen MR) is 140 cm³/mol. The smallest absolute Gasteiger partial charge is 0.242 e. The van der Waals surface area contributed by atoms with Gasteiger partial charge in [0.25, 0.3) is 0 Å². The van der Waals surface area contributed by atoms with E-state index < -0.39 is 0 Å². The summed E-state index contributed by atoms with van der Waals surface area (Å²) < 4.78 is 22.4. The molecule has 1 atom stereocenters. The second kappa shape index (κ2) is 13.0. The van der Waals surface area contributed by atoms with Gasteiger partial charge in [0, 0.05) is 25.6 Å². The number of aryl methyl sites for hydroxylation is 1. The molecule has 2 aliphatic rings. The van der Waals surface area contributed by atoms with Gasteiger partial charge in [-0.25, -0.2) is 0 Å². The second-order valence-electron chi connectivity index (χ2n) is 10.1. The normalized spacial score (nSPS) is 17.6. The third-order valence-electron chi connectivity index (χ3n) is 7.40. The van der Waals surface area contributed by atoms with Crippen molar-refractivity contribution in [3.05, 3.63) is 47.4 Å². The van der Waals surface area contributed by atoms with Gasteiger partial charge in [-0.2, -0.15) is 0 Å². The van der Waals surface area contributed by atoms with Gasteiger partial charge in [0.05, 0.1) is 33.4 Å². The van der Waals surface area contributed by atoms with Crippen LogP contribution in [0.1, 0.15) is 55.6 Å². The summed E-state index contributed by atoms with van der Waals surface area (Å²) in [6.45, 7) is 3.98. The zero-order valence-electron chi connectivity index (χ0n) is 22.4. The Morgan fingerprint density at radius 3 is 2.41 bits per heavy atom. The molecule has 2 amide bonds. The number of rotatable bonds is 12. The number of hydrogen-bond donors (Lipinski definition) is 0. The minimum Gasteiger partial charge on any atom is -0.493 e. The van der Waals surface area contributed by atoms with Gasteiger partial charge >= 0.3 is 0 Å². The van der Waals surface area contributed by atoms with E-state index in [2.05, 4.69) is 0 Å². The van der Waals surface area contributed by atoms with Crippen LogP contribution in [-0.2, 0) is 27.3 Å². The van der Waals surface area contributed by atoms with Crippen molar-refractivity contribution in [2.45, 2.75) is 64.5 Å². The topological polar surface area (TPSA) is 81.5 Å². The Kier molecular flexibility index (Phi) is 9.50. The first-order valence-electron chi connectivity index (χ1n) is 13.4. The number of benzene rings is 1. The molecule has 0 unspecified atom stereocenters. The lowest BCUT2D eigenvalue weighted by Gasteiger charge is -2.30. The highest BCUT2D eigenvalue weighted by atomic mass is 16.5. The maximum atomic E-state index is 13.7. The van der Waals surface area contributed by atoms with Crippen molar-refractivity contribution in [3.63, 3.8) is 0 Å². The number of carbonyl (C=O) groups excluding carboxylic acids is 2. The van der Waals surface area contributed by atoms with E-state index in [4.69, 9.17) is 18.6 Å². The molecule has 0 N–H and O–H groups in total. The number of ether oxygens (including phenoxy) is 3. The lowest BCUT2D eigenvalue weighted by molar-refractivity contribution is -0.144. The SMILES string of the molecule is COc1ccc(CCN(Cc2ccc(C)o2)C(=O)CN(C[C@H]2CCCO2)C(=O)C2CCCC2)cc1OC. The minimum absolute atomic E-state index is 0.00564. The van der Waals surface area contributed by atoms with E-state index in [9.17, 15) is 9.59 Å². The fraction of sp³-hybridized carbons (Fsp3) is 0.586. The Bertz CT molecular complexity index is 1040. The van der Waals surface area contributed by atoms with Crippen molar-refractivity contribution in [2.24, 2.45) is 5.92 Å². The lowest BCUT2D eigenvalue weighted by Crippen LogP contribution is -2.47. The molecule has 0 bridgehead atoms. The zero-order chi connectivity index (χ0) is 26.2. The maximum Gasteiger partial charge on any atom is 0.242 e. The van der Waals surface area contributed by atoms with Crippen LogP contribution in [0, 0.1) is 12.8 Å². The molecule has 0 radical (unpaired) electrons. The predicted octanol–water partition coefficient (Wildman–Crippen LogP) is 4.37. The Hall–Kier alpha value is -3.00. The Balaban J connectivity index is 1.48. The van der Waals surface area contributed by atoms with Crippen LogP contribution >= 0.6 is 0 Å². The molecule has 1 aromatic heterocycles. The van der Waals surface area contributed by atoms with Crippen molar-refractivity contribution in [1.82, 2.24) is 9.80 Å². The van der Waals surface area contributed by atoms with E-state index >= 15 is 0 Å². The first-order chi connectivity index (χ1) is 18.0. The van der Waals surface area contributed by atoms with Crippen molar-refractivity contribution in [2.75, 3.05) is 40.5 Å². The quantitative estimate of drug-likeness (QED) is 0.420. The summed E-state index contributed by atoms with van der Waals surface area (Å²) in [7, 11) is 3.22. The molecular weight excluding hydrogens is 472 g/mol. The third-order valence-corrected chi connectivity index (χ3v) is 7.40. The van der Waals surface area contributed by atoms with E-state index in [1.165, 1.54) is 0 Å². The van der Waals surface area contributed by atoms with Crippen LogP contribution in [0.25, 0.3) is 0 Å². The number of methoxy groups -OCH3 is 2. The molecule has 4 rings (SSSR count). The highest BCUT2D eigenvalue weighted by Gasteiger charge is 2.32. The number of carbonyl (C=O) groups is 2. The van der Waals surface area contributed by atoms with Gasteiger partial charge in [0.1, 0.15) is 11.5 Å². The van der Waals surface area contributed by atoms with Gasteiger partial charge in [-0.1, -0.05) is 18.9 Å². The Morgan fingerprint density at radius 2 is 1.76 bits per heavy atom. The first kappa shape index (κ1) is 27.0. The number of nitrogens with zero attached hydrogens (tertiary/aromatic N) is 2. The van der Waals surface area contributed by atoms with E-state index in [-0.39, 0.29) is 30.4 Å². The summed E-state index contributed by atoms with van der Waals surface area (Å²) in [4.78, 5) is 30.7. The summed E-state index contributed by atoms with van der Waals surface area (Å²) in [6, 6.07) is 9.60. The molecular formula is C29H40N2O6. The molecule has 1 aliphatic heterocycles. The summed E-state index contributed by atoms with van der Waals surface area (Å²) in [5.74, 6) is 2.88. The highest BCUT2D eigenvalue weighted by Crippen LogP contribution is 2.29. The van der Waals surface area contributed by atoms with Gasteiger partial charge in [-0.3, -0.25) is 9.59 Å². The summed E-state index contributed by atoms with van der Waals surface area (Å²) in [6.07, 6.45) is 6.53. The van der Waals surface area contributed by atoms with Gasteiger partial charge < -0.3 is 28.4 Å². The lowest BCUT2D eigenvalue weighted by atomic mass is 10.1. The molecule has 1 saturated carbocycles. The van der Waals surface area contributed by atoms with Crippen LogP contribution in [0.15, 0.2) is 34.7 Å². The molecule has 37 heavy (non-hydrogen) atoms. The van der Waals surface area contributed by atoms with Crippen molar-refractivity contribution in [1.29, 1.82) is 0 Å². The monoisotopic (exact) mass is 512 g/mol. The van der Waals surface area contributed by atoms with E-state index in [1.54, 1.807) is 24.0 Å². The zero-order valence-corrected chi connectivity index (χ0v) is 22.4. The Morgan fingerprint density at radius 1 is 0.973 bits per heavy atom. The highest BCUT2D eigenvalue weighted by molar-refractivity contribution is 5.86. The molecule has 2 fully saturated rings. The molecule has 202 valence electrons. The molecule has 0 spiro atoms. The fourth-order valence-electron chi connectivity index (χ4n) is 5.31. The summed E-state index contributed by atoms with van der Waals surface area (Å²) in [5, 5.41) is 0. The van der Waals surface area contributed by atoms with Gasteiger partial charge in [-0.15, -0.1) is 0 Å². The first-order valence-corrected chi connectivity index (χ1v) is 13.4. The fourth-order valence-corrected chi connectivity index (χ4v) is 5.31. The molecule has 8 heteroatoms.